The molecule has 1 aromatic carbocycles. The molecule has 0 amide bonds. The van der Waals surface area contributed by atoms with Crippen molar-refractivity contribution in [3.63, 3.8) is 0 Å². The summed E-state index contributed by atoms with van der Waals surface area (Å²) in [6.45, 7) is 5.56. The Morgan fingerprint density at radius 3 is 2.53 bits per heavy atom. The Morgan fingerprint density at radius 2 is 1.94 bits per heavy atom. The Hall–Kier alpha value is -1.02. The maximum Gasteiger partial charge on any atom is 0.0340 e. The van der Waals surface area contributed by atoms with Gasteiger partial charge in [-0.25, -0.2) is 0 Å². The number of rotatable bonds is 6. The maximum absolute atomic E-state index is 3.47. The minimum atomic E-state index is 0.972. The molecular weight excluding hydrogens is 208 g/mol. The van der Waals surface area contributed by atoms with Crippen LogP contribution in [0.1, 0.15) is 24.8 Å². The molecule has 2 heteroatoms. The molecule has 0 aromatic heterocycles. The first-order valence-electron chi connectivity index (χ1n) is 6.73. The van der Waals surface area contributed by atoms with E-state index in [1.54, 1.807) is 0 Å². The topological polar surface area (TPSA) is 15.3 Å². The predicted molar refractivity (Wildman–Crippen MR) is 74.5 cm³/mol. The van der Waals surface area contributed by atoms with Gasteiger partial charge in [0.25, 0.3) is 0 Å². The summed E-state index contributed by atoms with van der Waals surface area (Å²) >= 11 is 0. The normalized spacial score (nSPS) is 15.9. The van der Waals surface area contributed by atoms with E-state index in [-0.39, 0.29) is 0 Å². The highest BCUT2D eigenvalue weighted by atomic mass is 15.1. The van der Waals surface area contributed by atoms with Gasteiger partial charge >= 0.3 is 0 Å². The number of benzene rings is 1. The lowest BCUT2D eigenvalue weighted by Gasteiger charge is -2.30. The van der Waals surface area contributed by atoms with Crippen LogP contribution in [-0.2, 0) is 0 Å². The molecule has 0 radical (unpaired) electrons. The number of anilines is 1. The molecule has 0 saturated heterocycles. The van der Waals surface area contributed by atoms with Crippen LogP contribution in [0, 0.1) is 12.8 Å². The fourth-order valence-corrected chi connectivity index (χ4v) is 2.27. The van der Waals surface area contributed by atoms with Gasteiger partial charge in [0.05, 0.1) is 0 Å². The number of nitrogens with zero attached hydrogens (tertiary/aromatic N) is 1. The van der Waals surface area contributed by atoms with Gasteiger partial charge in [-0.2, -0.15) is 0 Å². The highest BCUT2D eigenvalue weighted by Crippen LogP contribution is 2.26. The molecule has 2 rings (SSSR count). The van der Waals surface area contributed by atoms with Crippen molar-refractivity contribution in [3.8, 4) is 0 Å². The van der Waals surface area contributed by atoms with Gasteiger partial charge in [0, 0.05) is 25.3 Å². The Balaban J connectivity index is 1.62. The Labute approximate surface area is 105 Å². The van der Waals surface area contributed by atoms with E-state index >= 15 is 0 Å². The number of aryl methyl sites for hydroxylation is 1. The fourth-order valence-electron chi connectivity index (χ4n) is 2.27. The second-order valence-corrected chi connectivity index (χ2v) is 5.35. The third-order valence-electron chi connectivity index (χ3n) is 3.67. The van der Waals surface area contributed by atoms with Crippen molar-refractivity contribution in [2.24, 2.45) is 5.92 Å². The summed E-state index contributed by atoms with van der Waals surface area (Å²) in [5.41, 5.74) is 2.55. The van der Waals surface area contributed by atoms with Crippen LogP contribution < -0.4 is 5.32 Å². The summed E-state index contributed by atoms with van der Waals surface area (Å²) in [7, 11) is 2.23. The summed E-state index contributed by atoms with van der Waals surface area (Å²) in [5.74, 6) is 0.972. The van der Waals surface area contributed by atoms with E-state index in [9.17, 15) is 0 Å². The van der Waals surface area contributed by atoms with Crippen LogP contribution >= 0.6 is 0 Å². The largest absolute Gasteiger partial charge is 0.384 e. The second kappa shape index (κ2) is 6.06. The van der Waals surface area contributed by atoms with Gasteiger partial charge in [0.2, 0.25) is 0 Å². The average Bonchev–Trinajstić information content (AvgIpc) is 2.26. The van der Waals surface area contributed by atoms with Gasteiger partial charge in [-0.3, -0.25) is 0 Å². The standard InChI is InChI=1S/C15H24N2/c1-13-6-8-15(9-7-13)16-10-11-17(2)12-14-4-3-5-14/h6-9,14,16H,3-5,10-12H2,1-2H3. The lowest BCUT2D eigenvalue weighted by molar-refractivity contribution is 0.210. The van der Waals surface area contributed by atoms with Crippen molar-refractivity contribution in [1.29, 1.82) is 0 Å². The highest BCUT2D eigenvalue weighted by molar-refractivity contribution is 5.44. The van der Waals surface area contributed by atoms with E-state index in [1.165, 1.54) is 37.1 Å². The van der Waals surface area contributed by atoms with E-state index in [4.69, 9.17) is 0 Å². The second-order valence-electron chi connectivity index (χ2n) is 5.35. The van der Waals surface area contributed by atoms with Crippen LogP contribution in [0.25, 0.3) is 0 Å². The molecule has 0 unspecified atom stereocenters. The molecule has 0 bridgehead atoms. The van der Waals surface area contributed by atoms with Gasteiger partial charge in [-0.15, -0.1) is 0 Å². The van der Waals surface area contributed by atoms with E-state index in [0.29, 0.717) is 0 Å². The van der Waals surface area contributed by atoms with E-state index in [0.717, 1.165) is 19.0 Å². The zero-order valence-electron chi connectivity index (χ0n) is 11.1. The zero-order chi connectivity index (χ0) is 12.1. The van der Waals surface area contributed by atoms with Crippen molar-refractivity contribution in [2.75, 3.05) is 32.0 Å². The van der Waals surface area contributed by atoms with Crippen LogP contribution in [0.5, 0.6) is 0 Å². The van der Waals surface area contributed by atoms with Gasteiger partial charge in [0.1, 0.15) is 0 Å². The molecule has 1 fully saturated rings. The smallest absolute Gasteiger partial charge is 0.0340 e. The third kappa shape index (κ3) is 4.04. The van der Waals surface area contributed by atoms with Crippen LogP contribution in [0.4, 0.5) is 5.69 Å². The molecule has 0 aliphatic heterocycles. The quantitative estimate of drug-likeness (QED) is 0.810. The van der Waals surface area contributed by atoms with Crippen molar-refractivity contribution in [3.05, 3.63) is 29.8 Å². The Kier molecular flexibility index (Phi) is 4.43. The maximum atomic E-state index is 3.47. The molecule has 0 heterocycles. The van der Waals surface area contributed by atoms with Crippen molar-refractivity contribution >= 4 is 5.69 Å². The average molecular weight is 232 g/mol. The lowest BCUT2D eigenvalue weighted by atomic mass is 9.85. The summed E-state index contributed by atoms with van der Waals surface area (Å²) in [6.07, 6.45) is 4.32. The first-order valence-corrected chi connectivity index (χ1v) is 6.73. The summed E-state index contributed by atoms with van der Waals surface area (Å²) in [4.78, 5) is 2.45. The monoisotopic (exact) mass is 232 g/mol. The molecule has 1 aliphatic rings. The molecule has 1 aliphatic carbocycles. The first-order chi connectivity index (χ1) is 8.24. The van der Waals surface area contributed by atoms with Crippen LogP contribution in [-0.4, -0.2) is 31.6 Å². The Bertz CT molecular complexity index is 327. The van der Waals surface area contributed by atoms with Gasteiger partial charge < -0.3 is 10.2 Å². The molecule has 17 heavy (non-hydrogen) atoms. The van der Waals surface area contributed by atoms with Crippen molar-refractivity contribution in [1.82, 2.24) is 4.90 Å². The fraction of sp³-hybridized carbons (Fsp3) is 0.600. The lowest BCUT2D eigenvalue weighted by Crippen LogP contribution is -2.32. The molecule has 0 atom stereocenters. The predicted octanol–water partition coefficient (Wildman–Crippen LogP) is 3.14. The van der Waals surface area contributed by atoms with E-state index in [1.807, 2.05) is 0 Å². The SMILES string of the molecule is Cc1ccc(NCCN(C)CC2CCC2)cc1. The van der Waals surface area contributed by atoms with Gasteiger partial charge in [-0.05, 0) is 44.9 Å². The highest BCUT2D eigenvalue weighted by Gasteiger charge is 2.18. The van der Waals surface area contributed by atoms with Crippen LogP contribution in [0.15, 0.2) is 24.3 Å². The number of nitrogens with one attached hydrogen (secondary N) is 1. The third-order valence-corrected chi connectivity index (χ3v) is 3.67. The molecule has 2 nitrogen and oxygen atoms in total. The van der Waals surface area contributed by atoms with Crippen molar-refractivity contribution < 1.29 is 0 Å². The number of hydrogen-bond donors (Lipinski definition) is 1. The van der Waals surface area contributed by atoms with E-state index in [2.05, 4.69) is 48.5 Å². The van der Waals surface area contributed by atoms with Gasteiger partial charge in [-0.1, -0.05) is 24.1 Å². The molecule has 1 saturated carbocycles. The molecule has 94 valence electrons. The summed E-state index contributed by atoms with van der Waals surface area (Å²) in [6, 6.07) is 8.61. The molecule has 0 spiro atoms. The summed E-state index contributed by atoms with van der Waals surface area (Å²) < 4.78 is 0. The Morgan fingerprint density at radius 1 is 1.24 bits per heavy atom. The number of likely N-dealkylation sites (N-methyl/N-ethyl adjacent to an activating group) is 1. The molecule has 1 aromatic rings. The van der Waals surface area contributed by atoms with Crippen LogP contribution in [0.2, 0.25) is 0 Å². The minimum Gasteiger partial charge on any atom is -0.384 e. The molecule has 1 N–H and O–H groups in total. The van der Waals surface area contributed by atoms with E-state index < -0.39 is 0 Å². The van der Waals surface area contributed by atoms with Crippen molar-refractivity contribution in [2.45, 2.75) is 26.2 Å². The zero-order valence-corrected chi connectivity index (χ0v) is 11.1. The number of hydrogen-bond acceptors (Lipinski definition) is 2. The van der Waals surface area contributed by atoms with Gasteiger partial charge in [0.15, 0.2) is 0 Å². The molecular formula is C15H24N2. The summed E-state index contributed by atoms with van der Waals surface area (Å²) in [5, 5.41) is 3.47. The minimum absolute atomic E-state index is 0.972. The van der Waals surface area contributed by atoms with Crippen LogP contribution in [0.3, 0.4) is 0 Å². The first kappa shape index (κ1) is 12.4.